The van der Waals surface area contributed by atoms with E-state index >= 15 is 0 Å². The van der Waals surface area contributed by atoms with Crippen LogP contribution in [0.5, 0.6) is 5.75 Å². The van der Waals surface area contributed by atoms with Gasteiger partial charge in [0.15, 0.2) is 0 Å². The van der Waals surface area contributed by atoms with Gasteiger partial charge < -0.3 is 20.1 Å². The van der Waals surface area contributed by atoms with E-state index < -0.39 is 41.8 Å². The summed E-state index contributed by atoms with van der Waals surface area (Å²) in [7, 11) is 2.96. The van der Waals surface area contributed by atoms with E-state index in [9.17, 15) is 19.2 Å². The minimum Gasteiger partial charge on any atom is -0.497 e. The predicted octanol–water partition coefficient (Wildman–Crippen LogP) is 0.641. The molecule has 9 nitrogen and oxygen atoms in total. The number of carboxylic acid groups (broad SMARTS) is 1. The van der Waals surface area contributed by atoms with Crippen molar-refractivity contribution in [2.75, 3.05) is 27.2 Å². The van der Waals surface area contributed by atoms with Crippen LogP contribution in [0.1, 0.15) is 19.4 Å². The van der Waals surface area contributed by atoms with Gasteiger partial charge in [0.05, 0.1) is 13.0 Å². The molecular formula is C18H23N3O6. The Morgan fingerprint density at radius 3 is 2.41 bits per heavy atom. The molecule has 146 valence electrons. The minimum absolute atomic E-state index is 0.0203. The number of nitrogens with zero attached hydrogens (tertiary/aromatic N) is 2. The Kier molecular flexibility index (Phi) is 5.72. The number of hydrogen-bond donors (Lipinski definition) is 2. The summed E-state index contributed by atoms with van der Waals surface area (Å²) >= 11 is 0. The molecule has 1 heterocycles. The quantitative estimate of drug-likeness (QED) is 0.674. The summed E-state index contributed by atoms with van der Waals surface area (Å²) in [6.07, 6.45) is 0. The molecule has 1 aromatic rings. The van der Waals surface area contributed by atoms with Gasteiger partial charge in [0.25, 0.3) is 5.91 Å². The minimum atomic E-state index is -1.30. The maximum absolute atomic E-state index is 12.8. The van der Waals surface area contributed by atoms with Crippen molar-refractivity contribution in [1.29, 1.82) is 0 Å². The third-order valence-corrected chi connectivity index (χ3v) is 4.63. The molecule has 0 aromatic heterocycles. The zero-order valence-electron chi connectivity index (χ0n) is 15.7. The van der Waals surface area contributed by atoms with Gasteiger partial charge in [-0.3, -0.25) is 19.3 Å². The SMILES string of the molecule is COc1ccc(C2(C)NC(=O)N(CC(=O)N(C)CC(C)C(=O)O)C2=O)cc1. The molecule has 0 spiro atoms. The number of aliphatic carboxylic acids is 1. The Balaban J connectivity index is 2.12. The molecule has 0 saturated carbocycles. The van der Waals surface area contributed by atoms with E-state index in [4.69, 9.17) is 9.84 Å². The average molecular weight is 377 g/mol. The van der Waals surface area contributed by atoms with Crippen LogP contribution in [0.15, 0.2) is 24.3 Å². The molecule has 2 atom stereocenters. The highest BCUT2D eigenvalue weighted by molar-refractivity contribution is 6.09. The molecule has 2 N–H and O–H groups in total. The Morgan fingerprint density at radius 2 is 1.89 bits per heavy atom. The Labute approximate surface area is 156 Å². The van der Waals surface area contributed by atoms with Crippen LogP contribution >= 0.6 is 0 Å². The number of urea groups is 1. The fraction of sp³-hybridized carbons (Fsp3) is 0.444. The molecule has 0 aliphatic carbocycles. The smallest absolute Gasteiger partial charge is 0.325 e. The summed E-state index contributed by atoms with van der Waals surface area (Å²) in [4.78, 5) is 50.4. The second-order valence-electron chi connectivity index (χ2n) is 6.69. The van der Waals surface area contributed by atoms with Gasteiger partial charge in [-0.2, -0.15) is 0 Å². The van der Waals surface area contributed by atoms with Crippen molar-refractivity contribution in [3.8, 4) is 5.75 Å². The number of methoxy groups -OCH3 is 1. The van der Waals surface area contributed by atoms with Crippen LogP contribution in [0.25, 0.3) is 0 Å². The van der Waals surface area contributed by atoms with Crippen LogP contribution in [0, 0.1) is 5.92 Å². The summed E-state index contributed by atoms with van der Waals surface area (Å²) in [5.41, 5.74) is -0.735. The zero-order valence-corrected chi connectivity index (χ0v) is 15.7. The highest BCUT2D eigenvalue weighted by Gasteiger charge is 2.49. The van der Waals surface area contributed by atoms with Crippen LogP contribution in [-0.2, 0) is 19.9 Å². The Hall–Kier alpha value is -3.10. The van der Waals surface area contributed by atoms with Crippen molar-refractivity contribution in [2.24, 2.45) is 5.92 Å². The zero-order chi connectivity index (χ0) is 20.4. The summed E-state index contributed by atoms with van der Waals surface area (Å²) in [5.74, 6) is -2.25. The van der Waals surface area contributed by atoms with E-state index in [1.54, 1.807) is 31.2 Å². The van der Waals surface area contributed by atoms with Crippen molar-refractivity contribution in [1.82, 2.24) is 15.1 Å². The summed E-state index contributed by atoms with van der Waals surface area (Å²) < 4.78 is 5.09. The fourth-order valence-corrected chi connectivity index (χ4v) is 2.81. The van der Waals surface area contributed by atoms with Gasteiger partial charge in [0.1, 0.15) is 17.8 Å². The Bertz CT molecular complexity index is 763. The van der Waals surface area contributed by atoms with Crippen molar-refractivity contribution < 1.29 is 29.0 Å². The number of carboxylic acids is 1. The van der Waals surface area contributed by atoms with E-state index in [0.29, 0.717) is 11.3 Å². The first kappa shape index (κ1) is 20.2. The molecule has 1 aliphatic rings. The van der Waals surface area contributed by atoms with Gasteiger partial charge in [0.2, 0.25) is 5.91 Å². The molecule has 1 aliphatic heterocycles. The lowest BCUT2D eigenvalue weighted by molar-refractivity contribution is -0.144. The molecule has 2 rings (SSSR count). The number of carbonyl (C=O) groups excluding carboxylic acids is 3. The first-order valence-electron chi connectivity index (χ1n) is 8.35. The molecule has 1 fully saturated rings. The van der Waals surface area contributed by atoms with Crippen molar-refractivity contribution >= 4 is 23.8 Å². The molecule has 4 amide bonds. The number of carbonyl (C=O) groups is 4. The number of likely N-dealkylation sites (N-methyl/N-ethyl adjacent to an activating group) is 1. The van der Waals surface area contributed by atoms with Gasteiger partial charge in [-0.05, 0) is 24.6 Å². The molecule has 0 radical (unpaired) electrons. The molecule has 27 heavy (non-hydrogen) atoms. The summed E-state index contributed by atoms with van der Waals surface area (Å²) in [6.45, 7) is 2.56. The molecule has 1 aromatic carbocycles. The number of rotatable bonds is 7. The summed E-state index contributed by atoms with van der Waals surface area (Å²) in [5, 5.41) is 11.6. The third-order valence-electron chi connectivity index (χ3n) is 4.63. The van der Waals surface area contributed by atoms with Crippen molar-refractivity contribution in [2.45, 2.75) is 19.4 Å². The number of hydrogen-bond acceptors (Lipinski definition) is 5. The van der Waals surface area contributed by atoms with Crippen LogP contribution in [0.2, 0.25) is 0 Å². The largest absolute Gasteiger partial charge is 0.497 e. The summed E-state index contributed by atoms with van der Waals surface area (Å²) in [6, 6.07) is 6.02. The first-order chi connectivity index (χ1) is 12.6. The lowest BCUT2D eigenvalue weighted by atomic mass is 9.92. The lowest BCUT2D eigenvalue weighted by Crippen LogP contribution is -2.44. The van der Waals surface area contributed by atoms with Gasteiger partial charge >= 0.3 is 12.0 Å². The van der Waals surface area contributed by atoms with Crippen molar-refractivity contribution in [3.63, 3.8) is 0 Å². The number of benzene rings is 1. The van der Waals surface area contributed by atoms with Crippen LogP contribution in [0.3, 0.4) is 0 Å². The normalized spacial score (nSPS) is 20.2. The van der Waals surface area contributed by atoms with Gasteiger partial charge in [-0.1, -0.05) is 19.1 Å². The van der Waals surface area contributed by atoms with Crippen molar-refractivity contribution in [3.05, 3.63) is 29.8 Å². The second-order valence-corrected chi connectivity index (χ2v) is 6.69. The number of ether oxygens (including phenoxy) is 1. The van der Waals surface area contributed by atoms with Crippen LogP contribution < -0.4 is 10.1 Å². The fourth-order valence-electron chi connectivity index (χ4n) is 2.81. The highest BCUT2D eigenvalue weighted by atomic mass is 16.5. The highest BCUT2D eigenvalue weighted by Crippen LogP contribution is 2.30. The predicted molar refractivity (Wildman–Crippen MR) is 95.0 cm³/mol. The number of nitrogens with one attached hydrogen (secondary N) is 1. The Morgan fingerprint density at radius 1 is 1.30 bits per heavy atom. The monoisotopic (exact) mass is 377 g/mol. The standard InChI is InChI=1S/C18H23N3O6/c1-11(15(23)24)9-20(3)14(22)10-21-16(25)18(2,19-17(21)26)12-5-7-13(27-4)8-6-12/h5-8,11H,9-10H2,1-4H3,(H,19,26)(H,23,24). The van der Waals surface area contributed by atoms with E-state index in [2.05, 4.69) is 5.32 Å². The first-order valence-corrected chi connectivity index (χ1v) is 8.35. The molecular weight excluding hydrogens is 354 g/mol. The topological polar surface area (TPSA) is 116 Å². The van der Waals surface area contributed by atoms with E-state index in [0.717, 1.165) is 4.90 Å². The average Bonchev–Trinajstić information content (AvgIpc) is 2.85. The molecule has 2 unspecified atom stereocenters. The van der Waals surface area contributed by atoms with Gasteiger partial charge in [-0.25, -0.2) is 4.79 Å². The van der Waals surface area contributed by atoms with Gasteiger partial charge in [-0.15, -0.1) is 0 Å². The van der Waals surface area contributed by atoms with Crippen LogP contribution in [-0.4, -0.2) is 66.0 Å². The second kappa shape index (κ2) is 7.65. The lowest BCUT2D eigenvalue weighted by Gasteiger charge is -2.24. The van der Waals surface area contributed by atoms with Crippen LogP contribution in [0.4, 0.5) is 4.79 Å². The number of amides is 4. The van der Waals surface area contributed by atoms with E-state index in [1.807, 2.05) is 0 Å². The number of imide groups is 1. The third kappa shape index (κ3) is 4.02. The molecule has 0 bridgehead atoms. The maximum atomic E-state index is 12.8. The molecule has 1 saturated heterocycles. The van der Waals surface area contributed by atoms with E-state index in [1.165, 1.54) is 26.0 Å². The maximum Gasteiger partial charge on any atom is 0.325 e. The van der Waals surface area contributed by atoms with E-state index in [-0.39, 0.29) is 6.54 Å². The molecule has 9 heteroatoms. The van der Waals surface area contributed by atoms with Gasteiger partial charge in [0, 0.05) is 13.6 Å².